The number of hydrogen-bond acceptors (Lipinski definition) is 5. The molecule has 3 rings (SSSR count). The first kappa shape index (κ1) is 19.5. The molecule has 2 heterocycles. The molecule has 0 aliphatic carbocycles. The number of halogens is 1. The van der Waals surface area contributed by atoms with Crippen molar-refractivity contribution in [3.63, 3.8) is 0 Å². The second-order valence-electron chi connectivity index (χ2n) is 6.61. The van der Waals surface area contributed by atoms with Gasteiger partial charge in [0.15, 0.2) is 9.84 Å². The maximum atomic E-state index is 13.0. The number of amides is 1. The lowest BCUT2D eigenvalue weighted by Gasteiger charge is -2.31. The van der Waals surface area contributed by atoms with E-state index in [9.17, 15) is 17.6 Å². The molecule has 1 aromatic heterocycles. The van der Waals surface area contributed by atoms with Gasteiger partial charge in [-0.05, 0) is 44.0 Å². The molecule has 0 bridgehead atoms. The first-order chi connectivity index (χ1) is 12.9. The second kappa shape index (κ2) is 8.18. The first-order valence-corrected chi connectivity index (χ1v) is 10.3. The Balaban J connectivity index is 1.64. The predicted octanol–water partition coefficient (Wildman–Crippen LogP) is 2.00. The van der Waals surface area contributed by atoms with Crippen molar-refractivity contribution in [2.45, 2.75) is 36.0 Å². The molecule has 0 radical (unpaired) electrons. The maximum absolute atomic E-state index is 13.0. The lowest BCUT2D eigenvalue weighted by atomic mass is 9.91. The highest BCUT2D eigenvalue weighted by Gasteiger charge is 2.32. The molecule has 1 aromatic carbocycles. The van der Waals surface area contributed by atoms with Crippen molar-refractivity contribution in [1.82, 2.24) is 15.5 Å². The van der Waals surface area contributed by atoms with Crippen LogP contribution in [0.3, 0.4) is 0 Å². The van der Waals surface area contributed by atoms with E-state index in [0.717, 1.165) is 30.5 Å². The standard InChI is InChI=1S/C18H22FN3O4S/c1-12(27(24,25)16-6-4-15(19)5-7-16)18(23)20-9-13-3-2-8-26-17(13)14-10-21-22-11-14/h4-7,10-13,17H,2-3,8-9H2,1H3,(H,20,23)(H,21,22)/t12?,13-,17+/m0/s1. The van der Waals surface area contributed by atoms with Crippen molar-refractivity contribution in [3.8, 4) is 0 Å². The number of carbonyl (C=O) groups is 1. The Morgan fingerprint density at radius 1 is 1.41 bits per heavy atom. The maximum Gasteiger partial charge on any atom is 0.238 e. The van der Waals surface area contributed by atoms with E-state index in [0.29, 0.717) is 13.2 Å². The molecule has 1 unspecified atom stereocenters. The number of H-pyrrole nitrogens is 1. The van der Waals surface area contributed by atoms with Crippen LogP contribution in [0.5, 0.6) is 0 Å². The number of sulfone groups is 1. The zero-order chi connectivity index (χ0) is 19.4. The minimum Gasteiger partial charge on any atom is -0.373 e. The normalized spacial score (nSPS) is 21.6. The fourth-order valence-corrected chi connectivity index (χ4v) is 4.47. The van der Waals surface area contributed by atoms with Crippen molar-refractivity contribution in [2.75, 3.05) is 13.2 Å². The number of hydrogen-bond donors (Lipinski definition) is 2. The number of benzene rings is 1. The van der Waals surface area contributed by atoms with E-state index in [1.165, 1.54) is 19.1 Å². The average molecular weight is 395 g/mol. The van der Waals surface area contributed by atoms with Crippen LogP contribution in [0.15, 0.2) is 41.6 Å². The fourth-order valence-electron chi connectivity index (χ4n) is 3.18. The van der Waals surface area contributed by atoms with Crippen LogP contribution in [0.25, 0.3) is 0 Å². The van der Waals surface area contributed by atoms with Gasteiger partial charge < -0.3 is 10.1 Å². The molecule has 2 aromatic rings. The van der Waals surface area contributed by atoms with Gasteiger partial charge in [-0.15, -0.1) is 0 Å². The van der Waals surface area contributed by atoms with Crippen molar-refractivity contribution in [1.29, 1.82) is 0 Å². The van der Waals surface area contributed by atoms with E-state index in [1.54, 1.807) is 12.4 Å². The number of aromatic nitrogens is 2. The van der Waals surface area contributed by atoms with E-state index in [1.807, 2.05) is 0 Å². The minimum atomic E-state index is -3.89. The zero-order valence-corrected chi connectivity index (χ0v) is 15.7. The Morgan fingerprint density at radius 2 is 2.15 bits per heavy atom. The zero-order valence-electron chi connectivity index (χ0n) is 14.9. The number of carbonyl (C=O) groups excluding carboxylic acids is 1. The topological polar surface area (TPSA) is 101 Å². The molecule has 2 N–H and O–H groups in total. The van der Waals surface area contributed by atoms with Gasteiger partial charge in [-0.2, -0.15) is 5.10 Å². The van der Waals surface area contributed by atoms with Gasteiger partial charge in [0.05, 0.1) is 17.2 Å². The van der Waals surface area contributed by atoms with Crippen molar-refractivity contribution >= 4 is 15.7 Å². The van der Waals surface area contributed by atoms with E-state index in [2.05, 4.69) is 15.5 Å². The lowest BCUT2D eigenvalue weighted by Crippen LogP contribution is -2.42. The first-order valence-electron chi connectivity index (χ1n) is 8.77. The lowest BCUT2D eigenvalue weighted by molar-refractivity contribution is -0.121. The van der Waals surface area contributed by atoms with Gasteiger partial charge >= 0.3 is 0 Å². The Labute approximate surface area is 157 Å². The van der Waals surface area contributed by atoms with Gasteiger partial charge in [0.1, 0.15) is 11.1 Å². The summed E-state index contributed by atoms with van der Waals surface area (Å²) < 4.78 is 44.0. The van der Waals surface area contributed by atoms with Crippen LogP contribution in [0, 0.1) is 11.7 Å². The third-order valence-corrected chi connectivity index (χ3v) is 6.88. The third kappa shape index (κ3) is 4.36. The molecule has 146 valence electrons. The van der Waals surface area contributed by atoms with Crippen molar-refractivity contribution in [2.24, 2.45) is 5.92 Å². The summed E-state index contributed by atoms with van der Waals surface area (Å²) in [5.74, 6) is -1.09. The largest absolute Gasteiger partial charge is 0.373 e. The smallest absolute Gasteiger partial charge is 0.238 e. The molecule has 1 saturated heterocycles. The molecule has 7 nitrogen and oxygen atoms in total. The molecule has 0 saturated carbocycles. The van der Waals surface area contributed by atoms with Crippen LogP contribution in [0.2, 0.25) is 0 Å². The van der Waals surface area contributed by atoms with Gasteiger partial charge in [0.2, 0.25) is 5.91 Å². The molecule has 1 fully saturated rings. The summed E-state index contributed by atoms with van der Waals surface area (Å²) in [4.78, 5) is 12.4. The molecule has 27 heavy (non-hydrogen) atoms. The van der Waals surface area contributed by atoms with Gasteiger partial charge in [0.25, 0.3) is 0 Å². The van der Waals surface area contributed by atoms with Crippen LogP contribution in [-0.4, -0.2) is 42.9 Å². The summed E-state index contributed by atoms with van der Waals surface area (Å²) in [5.41, 5.74) is 0.904. The van der Waals surface area contributed by atoms with Crippen LogP contribution in [0.4, 0.5) is 4.39 Å². The highest BCUT2D eigenvalue weighted by Crippen LogP contribution is 2.32. The summed E-state index contributed by atoms with van der Waals surface area (Å²) in [7, 11) is -3.89. The van der Waals surface area contributed by atoms with Gasteiger partial charge in [0, 0.05) is 30.8 Å². The third-order valence-electron chi connectivity index (χ3n) is 4.81. The van der Waals surface area contributed by atoms with E-state index >= 15 is 0 Å². The molecule has 9 heteroatoms. The molecule has 1 aliphatic heterocycles. The van der Waals surface area contributed by atoms with Crippen LogP contribution in [-0.2, 0) is 19.4 Å². The minimum absolute atomic E-state index is 0.0287. The molecular weight excluding hydrogens is 373 g/mol. The number of nitrogens with one attached hydrogen (secondary N) is 2. The van der Waals surface area contributed by atoms with Crippen LogP contribution < -0.4 is 5.32 Å². The highest BCUT2D eigenvalue weighted by atomic mass is 32.2. The molecule has 1 amide bonds. The molecular formula is C18H22FN3O4S. The van der Waals surface area contributed by atoms with Gasteiger partial charge in [-0.3, -0.25) is 9.89 Å². The molecule has 3 atom stereocenters. The number of ether oxygens (including phenoxy) is 1. The van der Waals surface area contributed by atoms with Gasteiger partial charge in [-0.1, -0.05) is 0 Å². The Bertz CT molecular complexity index is 869. The average Bonchev–Trinajstić information content (AvgIpc) is 3.20. The quantitative estimate of drug-likeness (QED) is 0.729. The highest BCUT2D eigenvalue weighted by molar-refractivity contribution is 7.92. The van der Waals surface area contributed by atoms with E-state index in [-0.39, 0.29) is 16.9 Å². The Hall–Kier alpha value is -2.26. The van der Waals surface area contributed by atoms with Crippen LogP contribution >= 0.6 is 0 Å². The Morgan fingerprint density at radius 3 is 2.81 bits per heavy atom. The number of aromatic amines is 1. The molecule has 0 spiro atoms. The Kier molecular flexibility index (Phi) is 5.91. The van der Waals surface area contributed by atoms with Crippen LogP contribution in [0.1, 0.15) is 31.4 Å². The monoisotopic (exact) mass is 395 g/mol. The number of nitrogens with zero attached hydrogens (tertiary/aromatic N) is 1. The second-order valence-corrected chi connectivity index (χ2v) is 8.88. The van der Waals surface area contributed by atoms with Crippen molar-refractivity contribution in [3.05, 3.63) is 48.0 Å². The SMILES string of the molecule is CC(C(=O)NC[C@@H]1CCCO[C@H]1c1cn[nH]c1)S(=O)(=O)c1ccc(F)cc1. The summed E-state index contributed by atoms with van der Waals surface area (Å²) in [6, 6.07) is 4.45. The van der Waals surface area contributed by atoms with E-state index < -0.39 is 26.8 Å². The fraction of sp³-hybridized carbons (Fsp3) is 0.444. The van der Waals surface area contributed by atoms with Crippen molar-refractivity contribution < 1.29 is 22.3 Å². The molecule has 1 aliphatic rings. The summed E-state index contributed by atoms with van der Waals surface area (Å²) >= 11 is 0. The van der Waals surface area contributed by atoms with E-state index in [4.69, 9.17) is 4.74 Å². The number of rotatable bonds is 6. The summed E-state index contributed by atoms with van der Waals surface area (Å²) in [5, 5.41) is 8.13. The summed E-state index contributed by atoms with van der Waals surface area (Å²) in [6.45, 7) is 2.27. The van der Waals surface area contributed by atoms with Gasteiger partial charge in [-0.25, -0.2) is 12.8 Å². The summed E-state index contributed by atoms with van der Waals surface area (Å²) in [6.07, 6.45) is 4.98. The predicted molar refractivity (Wildman–Crippen MR) is 96.1 cm³/mol.